The molecule has 3 nitrogen and oxygen atoms in total. The highest BCUT2D eigenvalue weighted by atomic mass is 16.1. The van der Waals surface area contributed by atoms with Crippen molar-refractivity contribution in [2.75, 3.05) is 0 Å². The summed E-state index contributed by atoms with van der Waals surface area (Å²) in [7, 11) is 0. The molecule has 2 aromatic carbocycles. The fourth-order valence-corrected chi connectivity index (χ4v) is 3.77. The Morgan fingerprint density at radius 3 is 2.32 bits per heavy atom. The highest BCUT2D eigenvalue weighted by molar-refractivity contribution is 6.11. The maximum Gasteiger partial charge on any atom is 0.150 e. The fraction of sp³-hybridized carbons (Fsp3) is 0.364. The smallest absolute Gasteiger partial charge is 0.150 e. The van der Waals surface area contributed by atoms with Crippen LogP contribution in [0, 0.1) is 0 Å². The van der Waals surface area contributed by atoms with Gasteiger partial charge in [0, 0.05) is 34.0 Å². The maximum absolute atomic E-state index is 11.5. The Bertz CT molecular complexity index is 921. The molecule has 1 aromatic heterocycles. The van der Waals surface area contributed by atoms with E-state index in [2.05, 4.69) is 18.4 Å². The van der Waals surface area contributed by atoms with E-state index in [1.54, 1.807) is 0 Å². The predicted octanol–water partition coefficient (Wildman–Crippen LogP) is 5.56. The van der Waals surface area contributed by atoms with Crippen molar-refractivity contribution in [3.63, 3.8) is 0 Å². The first kappa shape index (κ1) is 17.4. The van der Waals surface area contributed by atoms with Gasteiger partial charge in [-0.05, 0) is 55.7 Å². The van der Waals surface area contributed by atoms with Crippen LogP contribution in [0.1, 0.15) is 65.8 Å². The fourth-order valence-electron chi connectivity index (χ4n) is 3.77. The van der Waals surface area contributed by atoms with Crippen LogP contribution in [0.4, 0.5) is 0 Å². The molecule has 0 fully saturated rings. The number of carbonyl (C=O) groups is 2. The van der Waals surface area contributed by atoms with Crippen LogP contribution in [0.25, 0.3) is 21.8 Å². The van der Waals surface area contributed by atoms with E-state index in [1.165, 1.54) is 30.3 Å². The van der Waals surface area contributed by atoms with Gasteiger partial charge in [0.05, 0.1) is 5.52 Å². The van der Waals surface area contributed by atoms with E-state index in [9.17, 15) is 9.59 Å². The molecule has 0 unspecified atom stereocenters. The summed E-state index contributed by atoms with van der Waals surface area (Å²) in [5, 5.41) is 2.13. The predicted molar refractivity (Wildman–Crippen MR) is 104 cm³/mol. The molecule has 0 aliphatic rings. The summed E-state index contributed by atoms with van der Waals surface area (Å²) in [5.41, 5.74) is 4.96. The van der Waals surface area contributed by atoms with Crippen LogP contribution in [0.5, 0.6) is 0 Å². The highest BCUT2D eigenvalue weighted by Crippen LogP contribution is 2.33. The summed E-state index contributed by atoms with van der Waals surface area (Å²) in [6.45, 7) is 5.22. The second-order valence-electron chi connectivity index (χ2n) is 6.64. The Morgan fingerprint density at radius 2 is 1.64 bits per heavy atom. The van der Waals surface area contributed by atoms with Gasteiger partial charge >= 0.3 is 0 Å². The molecule has 0 bridgehead atoms. The first-order chi connectivity index (χ1) is 12.2. The highest BCUT2D eigenvalue weighted by Gasteiger charge is 2.15. The number of benzene rings is 2. The summed E-state index contributed by atoms with van der Waals surface area (Å²) >= 11 is 0. The number of nitrogens with zero attached hydrogens (tertiary/aromatic N) is 1. The Hall–Kier alpha value is -2.42. The molecular formula is C22H25NO2. The normalized spacial score (nSPS) is 11.3. The van der Waals surface area contributed by atoms with Crippen LogP contribution in [0.15, 0.2) is 30.3 Å². The van der Waals surface area contributed by atoms with Crippen molar-refractivity contribution < 1.29 is 9.59 Å². The zero-order chi connectivity index (χ0) is 17.8. The van der Waals surface area contributed by atoms with E-state index in [1.807, 2.05) is 30.3 Å². The van der Waals surface area contributed by atoms with E-state index in [-0.39, 0.29) is 0 Å². The second-order valence-corrected chi connectivity index (χ2v) is 6.64. The van der Waals surface area contributed by atoms with Crippen LogP contribution in [-0.4, -0.2) is 17.1 Å². The Kier molecular flexibility index (Phi) is 5.32. The summed E-state index contributed by atoms with van der Waals surface area (Å²) in [6, 6.07) is 9.81. The van der Waals surface area contributed by atoms with Crippen molar-refractivity contribution in [3.8, 4) is 0 Å². The van der Waals surface area contributed by atoms with Gasteiger partial charge in [-0.2, -0.15) is 0 Å². The Labute approximate surface area is 148 Å². The quantitative estimate of drug-likeness (QED) is 0.399. The van der Waals surface area contributed by atoms with Crippen LogP contribution in [0.3, 0.4) is 0 Å². The lowest BCUT2D eigenvalue weighted by atomic mass is 10.00. The zero-order valence-corrected chi connectivity index (χ0v) is 15.0. The van der Waals surface area contributed by atoms with Crippen molar-refractivity contribution in [2.45, 2.75) is 52.5 Å². The van der Waals surface area contributed by atoms with Gasteiger partial charge in [-0.15, -0.1) is 0 Å². The Morgan fingerprint density at radius 1 is 0.880 bits per heavy atom. The molecule has 3 heteroatoms. The SMILES string of the molecule is CCCCCCc1cc(C=O)cc2c3cc(C=O)ccc3n(CC)c12. The molecule has 3 aromatic rings. The van der Waals surface area contributed by atoms with Crippen molar-refractivity contribution in [2.24, 2.45) is 0 Å². The molecule has 130 valence electrons. The molecule has 0 radical (unpaired) electrons. The van der Waals surface area contributed by atoms with Crippen LogP contribution in [0.2, 0.25) is 0 Å². The molecule has 25 heavy (non-hydrogen) atoms. The summed E-state index contributed by atoms with van der Waals surface area (Å²) in [6.07, 6.45) is 7.59. The van der Waals surface area contributed by atoms with E-state index < -0.39 is 0 Å². The summed E-state index contributed by atoms with van der Waals surface area (Å²) in [5.74, 6) is 0. The van der Waals surface area contributed by atoms with Gasteiger partial charge in [-0.1, -0.05) is 26.2 Å². The van der Waals surface area contributed by atoms with Crippen molar-refractivity contribution >= 4 is 34.4 Å². The van der Waals surface area contributed by atoms with Gasteiger partial charge in [0.1, 0.15) is 12.6 Å². The van der Waals surface area contributed by atoms with Gasteiger partial charge in [0.25, 0.3) is 0 Å². The summed E-state index contributed by atoms with van der Waals surface area (Å²) in [4.78, 5) is 22.6. The zero-order valence-electron chi connectivity index (χ0n) is 15.0. The molecule has 0 saturated carbocycles. The lowest BCUT2D eigenvalue weighted by molar-refractivity contribution is 0.111. The number of fused-ring (bicyclic) bond motifs is 3. The van der Waals surface area contributed by atoms with E-state index in [0.717, 1.165) is 48.2 Å². The molecule has 0 aliphatic heterocycles. The number of hydrogen-bond acceptors (Lipinski definition) is 2. The van der Waals surface area contributed by atoms with Gasteiger partial charge < -0.3 is 4.57 Å². The average molecular weight is 335 g/mol. The number of aryl methyl sites for hydroxylation is 2. The monoisotopic (exact) mass is 335 g/mol. The minimum Gasteiger partial charge on any atom is -0.341 e. The number of hydrogen-bond donors (Lipinski definition) is 0. The molecule has 0 N–H and O–H groups in total. The van der Waals surface area contributed by atoms with Crippen molar-refractivity contribution in [3.05, 3.63) is 47.0 Å². The third-order valence-electron chi connectivity index (χ3n) is 4.97. The van der Waals surface area contributed by atoms with Gasteiger partial charge in [-0.3, -0.25) is 9.59 Å². The van der Waals surface area contributed by atoms with Crippen molar-refractivity contribution in [1.29, 1.82) is 0 Å². The number of unbranched alkanes of at least 4 members (excludes halogenated alkanes) is 3. The number of aldehydes is 2. The topological polar surface area (TPSA) is 39.1 Å². The van der Waals surface area contributed by atoms with Crippen LogP contribution >= 0.6 is 0 Å². The molecule has 3 rings (SSSR count). The minimum atomic E-state index is 0.670. The number of aromatic nitrogens is 1. The second kappa shape index (κ2) is 7.64. The third kappa shape index (κ3) is 3.23. The standard InChI is InChI=1S/C22H25NO2/c1-3-5-6-7-8-18-11-17(15-25)13-20-19-12-16(14-24)9-10-21(19)23(4-2)22(18)20/h9-15H,3-8H2,1-2H3. The van der Waals surface area contributed by atoms with E-state index in [0.29, 0.717) is 11.1 Å². The van der Waals surface area contributed by atoms with Gasteiger partial charge in [-0.25, -0.2) is 0 Å². The molecule has 0 amide bonds. The van der Waals surface area contributed by atoms with Gasteiger partial charge in [0.2, 0.25) is 0 Å². The molecular weight excluding hydrogens is 310 g/mol. The van der Waals surface area contributed by atoms with Crippen LogP contribution in [-0.2, 0) is 13.0 Å². The van der Waals surface area contributed by atoms with E-state index in [4.69, 9.17) is 0 Å². The maximum atomic E-state index is 11.5. The number of rotatable bonds is 8. The average Bonchev–Trinajstić information content (AvgIpc) is 2.97. The molecule has 0 aliphatic carbocycles. The van der Waals surface area contributed by atoms with E-state index >= 15 is 0 Å². The molecule has 0 spiro atoms. The summed E-state index contributed by atoms with van der Waals surface area (Å²) < 4.78 is 2.31. The molecule has 0 saturated heterocycles. The van der Waals surface area contributed by atoms with Gasteiger partial charge in [0.15, 0.2) is 0 Å². The lowest BCUT2D eigenvalue weighted by Gasteiger charge is -2.10. The van der Waals surface area contributed by atoms with Crippen molar-refractivity contribution in [1.82, 2.24) is 4.57 Å². The Balaban J connectivity index is 2.23. The molecule has 0 atom stereocenters. The van der Waals surface area contributed by atoms with Crippen LogP contribution < -0.4 is 0 Å². The molecule has 1 heterocycles. The first-order valence-electron chi connectivity index (χ1n) is 9.22. The first-order valence-corrected chi connectivity index (χ1v) is 9.22. The third-order valence-corrected chi connectivity index (χ3v) is 4.97. The lowest BCUT2D eigenvalue weighted by Crippen LogP contribution is -1.99. The minimum absolute atomic E-state index is 0.670. The number of carbonyl (C=O) groups excluding carboxylic acids is 2. The largest absolute Gasteiger partial charge is 0.341 e.